The normalized spacial score (nSPS) is 11.2. The zero-order chi connectivity index (χ0) is 12.3. The standard InChI is InChI=1S/C15H18N2/c1-12-11-16-10-9-14(12)17-15(2,3)13-7-5-4-6-8-13/h4-11H,1-3H3,(H,16,17). The fourth-order valence-corrected chi connectivity index (χ4v) is 1.88. The number of nitrogens with zero attached hydrogens (tertiary/aromatic N) is 1. The monoisotopic (exact) mass is 226 g/mol. The molecule has 88 valence electrons. The smallest absolute Gasteiger partial charge is 0.0569 e. The van der Waals surface area contributed by atoms with Crippen molar-refractivity contribution in [1.82, 2.24) is 4.98 Å². The maximum atomic E-state index is 4.11. The largest absolute Gasteiger partial charge is 0.376 e. The average Bonchev–Trinajstić information content (AvgIpc) is 2.33. The van der Waals surface area contributed by atoms with Crippen molar-refractivity contribution >= 4 is 5.69 Å². The van der Waals surface area contributed by atoms with Gasteiger partial charge in [0.15, 0.2) is 0 Å². The number of pyridine rings is 1. The predicted octanol–water partition coefficient (Wildman–Crippen LogP) is 3.74. The summed E-state index contributed by atoms with van der Waals surface area (Å²) in [5, 5.41) is 3.56. The van der Waals surface area contributed by atoms with Crippen molar-refractivity contribution in [1.29, 1.82) is 0 Å². The first-order valence-electron chi connectivity index (χ1n) is 5.84. The van der Waals surface area contributed by atoms with E-state index in [1.165, 1.54) is 5.56 Å². The number of hydrogen-bond donors (Lipinski definition) is 1. The van der Waals surface area contributed by atoms with Gasteiger partial charge in [-0.25, -0.2) is 0 Å². The van der Waals surface area contributed by atoms with Crippen LogP contribution in [0.2, 0.25) is 0 Å². The highest BCUT2D eigenvalue weighted by atomic mass is 15.0. The summed E-state index contributed by atoms with van der Waals surface area (Å²) in [5.41, 5.74) is 3.48. The van der Waals surface area contributed by atoms with Crippen LogP contribution in [0.5, 0.6) is 0 Å². The molecule has 2 aromatic rings. The number of nitrogens with one attached hydrogen (secondary N) is 1. The molecule has 0 aliphatic heterocycles. The molecule has 0 bridgehead atoms. The number of aryl methyl sites for hydroxylation is 1. The van der Waals surface area contributed by atoms with Gasteiger partial charge in [0.1, 0.15) is 0 Å². The number of anilines is 1. The van der Waals surface area contributed by atoms with Crippen LogP contribution in [0.1, 0.15) is 25.0 Å². The lowest BCUT2D eigenvalue weighted by Crippen LogP contribution is -2.28. The third kappa shape index (κ3) is 2.64. The molecule has 0 saturated carbocycles. The zero-order valence-electron chi connectivity index (χ0n) is 10.6. The number of rotatable bonds is 3. The second-order valence-electron chi connectivity index (χ2n) is 4.81. The van der Waals surface area contributed by atoms with E-state index in [0.29, 0.717) is 0 Å². The molecule has 1 aromatic heterocycles. The highest BCUT2D eigenvalue weighted by molar-refractivity contribution is 5.51. The molecule has 1 aromatic carbocycles. The van der Waals surface area contributed by atoms with Crippen LogP contribution in [0, 0.1) is 6.92 Å². The third-order valence-corrected chi connectivity index (χ3v) is 2.96. The molecule has 0 aliphatic rings. The van der Waals surface area contributed by atoms with Crippen molar-refractivity contribution in [2.24, 2.45) is 0 Å². The highest BCUT2D eigenvalue weighted by Gasteiger charge is 2.20. The summed E-state index contributed by atoms with van der Waals surface area (Å²) in [6.07, 6.45) is 3.69. The molecule has 17 heavy (non-hydrogen) atoms. The molecule has 1 N–H and O–H groups in total. The maximum absolute atomic E-state index is 4.11. The Kier molecular flexibility index (Phi) is 3.14. The van der Waals surface area contributed by atoms with Gasteiger partial charge in [0.05, 0.1) is 5.54 Å². The van der Waals surface area contributed by atoms with Crippen LogP contribution in [-0.4, -0.2) is 4.98 Å². The molecule has 2 rings (SSSR count). The first kappa shape index (κ1) is 11.6. The molecule has 0 saturated heterocycles. The fourth-order valence-electron chi connectivity index (χ4n) is 1.88. The van der Waals surface area contributed by atoms with Gasteiger partial charge in [-0.2, -0.15) is 0 Å². The van der Waals surface area contributed by atoms with Crippen LogP contribution < -0.4 is 5.32 Å². The van der Waals surface area contributed by atoms with E-state index in [0.717, 1.165) is 11.3 Å². The number of aromatic nitrogens is 1. The molecule has 0 radical (unpaired) electrons. The quantitative estimate of drug-likeness (QED) is 0.862. The van der Waals surface area contributed by atoms with Gasteiger partial charge in [-0.05, 0) is 38.0 Å². The SMILES string of the molecule is Cc1cnccc1NC(C)(C)c1ccccc1. The number of benzene rings is 1. The van der Waals surface area contributed by atoms with Gasteiger partial charge in [0, 0.05) is 18.1 Å². The highest BCUT2D eigenvalue weighted by Crippen LogP contribution is 2.26. The van der Waals surface area contributed by atoms with Crippen molar-refractivity contribution in [2.75, 3.05) is 5.32 Å². The Balaban J connectivity index is 2.27. The van der Waals surface area contributed by atoms with Gasteiger partial charge in [0.25, 0.3) is 0 Å². The average molecular weight is 226 g/mol. The summed E-state index contributed by atoms with van der Waals surface area (Å²) in [5.74, 6) is 0. The lowest BCUT2D eigenvalue weighted by molar-refractivity contribution is 0.608. The molecule has 1 heterocycles. The summed E-state index contributed by atoms with van der Waals surface area (Å²) in [4.78, 5) is 4.11. The molecule has 0 amide bonds. The lowest BCUT2D eigenvalue weighted by atomic mass is 9.94. The van der Waals surface area contributed by atoms with Crippen LogP contribution in [0.3, 0.4) is 0 Å². The molecular weight excluding hydrogens is 208 g/mol. The lowest BCUT2D eigenvalue weighted by Gasteiger charge is -2.29. The molecule has 0 spiro atoms. The van der Waals surface area contributed by atoms with Gasteiger partial charge in [0.2, 0.25) is 0 Å². The van der Waals surface area contributed by atoms with Crippen LogP contribution in [0.15, 0.2) is 48.8 Å². The summed E-state index contributed by atoms with van der Waals surface area (Å²) in [6, 6.07) is 12.5. The van der Waals surface area contributed by atoms with E-state index in [9.17, 15) is 0 Å². The first-order valence-corrected chi connectivity index (χ1v) is 5.84. The van der Waals surface area contributed by atoms with Gasteiger partial charge in [-0.3, -0.25) is 4.98 Å². The summed E-state index contributed by atoms with van der Waals surface area (Å²) < 4.78 is 0. The molecule has 0 fully saturated rings. The predicted molar refractivity (Wildman–Crippen MR) is 72.1 cm³/mol. The topological polar surface area (TPSA) is 24.9 Å². The minimum absolute atomic E-state index is 0.0899. The second-order valence-corrected chi connectivity index (χ2v) is 4.81. The van der Waals surface area contributed by atoms with Gasteiger partial charge in [-0.15, -0.1) is 0 Å². The Hall–Kier alpha value is -1.83. The van der Waals surface area contributed by atoms with Crippen LogP contribution in [0.25, 0.3) is 0 Å². The minimum Gasteiger partial charge on any atom is -0.376 e. The molecule has 0 aliphatic carbocycles. The molecule has 2 nitrogen and oxygen atoms in total. The molecular formula is C15H18N2. The molecule has 2 heteroatoms. The molecule has 0 unspecified atom stereocenters. The summed E-state index contributed by atoms with van der Waals surface area (Å²) in [7, 11) is 0. The van der Waals surface area contributed by atoms with Crippen LogP contribution >= 0.6 is 0 Å². The second kappa shape index (κ2) is 4.58. The van der Waals surface area contributed by atoms with E-state index in [1.807, 2.05) is 24.5 Å². The third-order valence-electron chi connectivity index (χ3n) is 2.96. The maximum Gasteiger partial charge on any atom is 0.0569 e. The van der Waals surface area contributed by atoms with E-state index >= 15 is 0 Å². The number of hydrogen-bond acceptors (Lipinski definition) is 2. The van der Waals surface area contributed by atoms with Crippen molar-refractivity contribution in [3.63, 3.8) is 0 Å². The Morgan fingerprint density at radius 2 is 1.76 bits per heavy atom. The Labute approximate surface area is 103 Å². The van der Waals surface area contributed by atoms with Gasteiger partial charge < -0.3 is 5.32 Å². The Bertz CT molecular complexity index is 489. The molecule has 0 atom stereocenters. The fraction of sp³-hybridized carbons (Fsp3) is 0.267. The zero-order valence-corrected chi connectivity index (χ0v) is 10.6. The van der Waals surface area contributed by atoms with Crippen molar-refractivity contribution < 1.29 is 0 Å². The van der Waals surface area contributed by atoms with Crippen molar-refractivity contribution in [2.45, 2.75) is 26.3 Å². The van der Waals surface area contributed by atoms with E-state index in [1.54, 1.807) is 0 Å². The summed E-state index contributed by atoms with van der Waals surface area (Å²) >= 11 is 0. The van der Waals surface area contributed by atoms with E-state index in [-0.39, 0.29) is 5.54 Å². The minimum atomic E-state index is -0.0899. The van der Waals surface area contributed by atoms with E-state index in [4.69, 9.17) is 0 Å². The van der Waals surface area contributed by atoms with Crippen LogP contribution in [0.4, 0.5) is 5.69 Å². The Morgan fingerprint density at radius 1 is 1.06 bits per heavy atom. The summed E-state index contributed by atoms with van der Waals surface area (Å²) in [6.45, 7) is 6.43. The Morgan fingerprint density at radius 3 is 2.41 bits per heavy atom. The first-order chi connectivity index (χ1) is 8.09. The van der Waals surface area contributed by atoms with Crippen molar-refractivity contribution in [3.05, 3.63) is 59.9 Å². The van der Waals surface area contributed by atoms with Crippen molar-refractivity contribution in [3.8, 4) is 0 Å². The van der Waals surface area contributed by atoms with E-state index < -0.39 is 0 Å². The van der Waals surface area contributed by atoms with Crippen LogP contribution in [-0.2, 0) is 5.54 Å². The van der Waals surface area contributed by atoms with Gasteiger partial charge >= 0.3 is 0 Å². The van der Waals surface area contributed by atoms with E-state index in [2.05, 4.69) is 55.3 Å². The van der Waals surface area contributed by atoms with Gasteiger partial charge in [-0.1, -0.05) is 30.3 Å².